The van der Waals surface area contributed by atoms with Crippen LogP contribution in [0.3, 0.4) is 0 Å². The van der Waals surface area contributed by atoms with Gasteiger partial charge in [-0.1, -0.05) is 56.4 Å². The van der Waals surface area contributed by atoms with Crippen molar-refractivity contribution in [1.82, 2.24) is 0 Å². The van der Waals surface area contributed by atoms with Crippen LogP contribution < -0.4 is 0 Å². The lowest BCUT2D eigenvalue weighted by Crippen LogP contribution is -1.89. The van der Waals surface area contributed by atoms with Gasteiger partial charge in [0, 0.05) is 6.92 Å². The van der Waals surface area contributed by atoms with E-state index >= 15 is 0 Å². The molecule has 0 aliphatic heterocycles. The highest BCUT2D eigenvalue weighted by molar-refractivity contribution is 5.66. The van der Waals surface area contributed by atoms with Crippen LogP contribution in [0.25, 0.3) is 0 Å². The molecule has 0 aromatic carbocycles. The Hall–Kier alpha value is -1.31. The molecule has 0 radical (unpaired) electrons. The minimum atomic E-state index is -0.248. The number of carbonyl (C=O) groups is 1. The maximum absolute atomic E-state index is 10.5. The molecule has 114 valence electrons. The Morgan fingerprint density at radius 1 is 0.850 bits per heavy atom. The predicted molar refractivity (Wildman–Crippen MR) is 86.4 cm³/mol. The van der Waals surface area contributed by atoms with Crippen LogP contribution in [0.4, 0.5) is 0 Å². The number of hydrogen-bond acceptors (Lipinski definition) is 2. The lowest BCUT2D eigenvalue weighted by atomic mass is 10.1. The fourth-order valence-corrected chi connectivity index (χ4v) is 1.91. The molecule has 20 heavy (non-hydrogen) atoms. The molecule has 0 saturated heterocycles. The van der Waals surface area contributed by atoms with E-state index in [9.17, 15) is 4.79 Å². The molecule has 0 atom stereocenters. The molecule has 0 rings (SSSR count). The van der Waals surface area contributed by atoms with Crippen LogP contribution in [0.5, 0.6) is 0 Å². The molecule has 0 spiro atoms. The second kappa shape index (κ2) is 15.7. The molecule has 0 bridgehead atoms. The largest absolute Gasteiger partial charge is 0.435 e. The Morgan fingerprint density at radius 3 is 1.95 bits per heavy atom. The lowest BCUT2D eigenvalue weighted by Gasteiger charge is -2.00. The van der Waals surface area contributed by atoms with Crippen LogP contribution in [-0.2, 0) is 9.53 Å². The van der Waals surface area contributed by atoms with Crippen LogP contribution in [0.15, 0.2) is 36.6 Å². The van der Waals surface area contributed by atoms with Crippen LogP contribution in [0, 0.1) is 0 Å². The van der Waals surface area contributed by atoms with Gasteiger partial charge in [-0.15, -0.1) is 0 Å². The first-order valence-electron chi connectivity index (χ1n) is 7.87. The van der Waals surface area contributed by atoms with Gasteiger partial charge in [-0.3, -0.25) is 4.79 Å². The van der Waals surface area contributed by atoms with E-state index < -0.39 is 0 Å². The fraction of sp³-hybridized carbons (Fsp3) is 0.611. The standard InChI is InChI=1S/C18H30O2/c1-3-4-5-6-7-8-9-10-11-12-13-14-15-16-17-20-18(2)19/h3-6,16-17H,7-15H2,1-2H3. The van der Waals surface area contributed by atoms with Crippen molar-refractivity contribution in [1.29, 1.82) is 0 Å². The molecule has 2 nitrogen and oxygen atoms in total. The summed E-state index contributed by atoms with van der Waals surface area (Å²) < 4.78 is 4.72. The molecule has 2 heteroatoms. The normalized spacial score (nSPS) is 11.9. The van der Waals surface area contributed by atoms with Gasteiger partial charge in [-0.05, 0) is 38.7 Å². The Labute approximate surface area is 124 Å². The van der Waals surface area contributed by atoms with Gasteiger partial charge >= 0.3 is 5.97 Å². The molecule has 0 heterocycles. The van der Waals surface area contributed by atoms with Crippen molar-refractivity contribution in [3.63, 3.8) is 0 Å². The second-order valence-electron chi connectivity index (χ2n) is 4.99. The Morgan fingerprint density at radius 2 is 1.40 bits per heavy atom. The molecule has 0 unspecified atom stereocenters. The highest BCUT2D eigenvalue weighted by Gasteiger charge is 1.91. The average molecular weight is 278 g/mol. The first kappa shape index (κ1) is 18.7. The third-order valence-electron chi connectivity index (χ3n) is 3.01. The van der Waals surface area contributed by atoms with Crippen molar-refractivity contribution in [3.05, 3.63) is 36.6 Å². The van der Waals surface area contributed by atoms with E-state index in [0.29, 0.717) is 0 Å². The Bertz CT molecular complexity index is 301. The van der Waals surface area contributed by atoms with E-state index in [-0.39, 0.29) is 5.97 Å². The molecule has 0 amide bonds. The number of hydrogen-bond donors (Lipinski definition) is 0. The molecule has 0 fully saturated rings. The topological polar surface area (TPSA) is 26.3 Å². The van der Waals surface area contributed by atoms with Gasteiger partial charge < -0.3 is 4.74 Å². The zero-order chi connectivity index (χ0) is 14.9. The lowest BCUT2D eigenvalue weighted by molar-refractivity contribution is -0.135. The summed E-state index contributed by atoms with van der Waals surface area (Å²) in [4.78, 5) is 10.5. The van der Waals surface area contributed by atoms with Crippen LogP contribution in [0.2, 0.25) is 0 Å². The summed E-state index contributed by atoms with van der Waals surface area (Å²) in [5.74, 6) is -0.248. The maximum atomic E-state index is 10.5. The molecular weight excluding hydrogens is 248 g/mol. The van der Waals surface area contributed by atoms with Gasteiger partial charge in [0.2, 0.25) is 0 Å². The first-order chi connectivity index (χ1) is 9.77. The van der Waals surface area contributed by atoms with Crippen molar-refractivity contribution in [2.45, 2.75) is 71.6 Å². The van der Waals surface area contributed by atoms with E-state index in [2.05, 4.69) is 24.3 Å². The molecule has 0 aromatic rings. The number of ether oxygens (including phenoxy) is 1. The predicted octanol–water partition coefficient (Wildman–Crippen LogP) is 5.71. The van der Waals surface area contributed by atoms with E-state index in [0.717, 1.165) is 6.42 Å². The Balaban J connectivity index is 3.13. The molecular formula is C18H30O2. The van der Waals surface area contributed by atoms with Gasteiger partial charge in [0.15, 0.2) is 0 Å². The highest BCUT2D eigenvalue weighted by Crippen LogP contribution is 2.10. The zero-order valence-electron chi connectivity index (χ0n) is 13.1. The zero-order valence-corrected chi connectivity index (χ0v) is 13.1. The van der Waals surface area contributed by atoms with E-state index in [1.54, 1.807) is 0 Å². The maximum Gasteiger partial charge on any atom is 0.307 e. The summed E-state index contributed by atoms with van der Waals surface area (Å²) in [5, 5.41) is 0. The van der Waals surface area contributed by atoms with Gasteiger partial charge in [0.1, 0.15) is 0 Å². The number of rotatable bonds is 12. The third kappa shape index (κ3) is 16.7. The molecule has 0 N–H and O–H groups in total. The number of carbonyl (C=O) groups excluding carboxylic acids is 1. The van der Waals surface area contributed by atoms with Crippen molar-refractivity contribution >= 4 is 5.97 Å². The van der Waals surface area contributed by atoms with Crippen molar-refractivity contribution in [3.8, 4) is 0 Å². The first-order valence-corrected chi connectivity index (χ1v) is 7.87. The smallest absolute Gasteiger partial charge is 0.307 e. The molecule has 0 aromatic heterocycles. The summed E-state index contributed by atoms with van der Waals surface area (Å²) in [7, 11) is 0. The minimum absolute atomic E-state index is 0.248. The Kier molecular flexibility index (Phi) is 14.7. The van der Waals surface area contributed by atoms with Crippen LogP contribution in [-0.4, -0.2) is 5.97 Å². The van der Waals surface area contributed by atoms with Crippen molar-refractivity contribution in [2.75, 3.05) is 0 Å². The fourth-order valence-electron chi connectivity index (χ4n) is 1.91. The van der Waals surface area contributed by atoms with Gasteiger partial charge in [0.25, 0.3) is 0 Å². The van der Waals surface area contributed by atoms with Crippen molar-refractivity contribution < 1.29 is 9.53 Å². The third-order valence-corrected chi connectivity index (χ3v) is 3.01. The molecule has 0 saturated carbocycles. The number of esters is 1. The number of allylic oxidation sites excluding steroid dienone is 5. The highest BCUT2D eigenvalue weighted by atomic mass is 16.5. The molecule has 0 aliphatic carbocycles. The van der Waals surface area contributed by atoms with Gasteiger partial charge in [-0.25, -0.2) is 0 Å². The quantitative estimate of drug-likeness (QED) is 0.198. The summed E-state index contributed by atoms with van der Waals surface area (Å²) >= 11 is 0. The van der Waals surface area contributed by atoms with Crippen molar-refractivity contribution in [2.24, 2.45) is 0 Å². The summed E-state index contributed by atoms with van der Waals surface area (Å²) in [6.07, 6.45) is 23.2. The SMILES string of the molecule is CC=CC=CCCCCCCCCCC=COC(C)=O. The average Bonchev–Trinajstić information content (AvgIpc) is 2.43. The summed E-state index contributed by atoms with van der Waals surface area (Å²) in [6, 6.07) is 0. The van der Waals surface area contributed by atoms with Gasteiger partial charge in [-0.2, -0.15) is 0 Å². The summed E-state index contributed by atoms with van der Waals surface area (Å²) in [5.41, 5.74) is 0. The monoisotopic (exact) mass is 278 g/mol. The van der Waals surface area contributed by atoms with Gasteiger partial charge in [0.05, 0.1) is 6.26 Å². The summed E-state index contributed by atoms with van der Waals surface area (Å²) in [6.45, 7) is 3.46. The van der Waals surface area contributed by atoms with E-state index in [1.165, 1.54) is 64.6 Å². The van der Waals surface area contributed by atoms with E-state index in [4.69, 9.17) is 4.74 Å². The number of unbranched alkanes of at least 4 members (excludes halogenated alkanes) is 8. The second-order valence-corrected chi connectivity index (χ2v) is 4.99. The van der Waals surface area contributed by atoms with Crippen LogP contribution >= 0.6 is 0 Å². The minimum Gasteiger partial charge on any atom is -0.435 e. The molecule has 0 aliphatic rings. The van der Waals surface area contributed by atoms with E-state index in [1.807, 2.05) is 13.0 Å². The van der Waals surface area contributed by atoms with Crippen LogP contribution in [0.1, 0.15) is 71.6 Å².